The van der Waals surface area contributed by atoms with E-state index in [1.807, 2.05) is 0 Å². The van der Waals surface area contributed by atoms with Crippen LogP contribution in [-0.2, 0) is 0 Å². The van der Waals surface area contributed by atoms with Crippen molar-refractivity contribution in [2.24, 2.45) is 11.8 Å². The van der Waals surface area contributed by atoms with Gasteiger partial charge >= 0.3 is 0 Å². The molecular formula is C11H25NO. The first-order valence-corrected chi connectivity index (χ1v) is 5.30. The maximum absolute atomic E-state index is 9.23. The van der Waals surface area contributed by atoms with E-state index in [1.165, 1.54) is 6.42 Å². The molecule has 0 rings (SSSR count). The number of aliphatic hydroxyl groups excluding tert-OH is 1. The quantitative estimate of drug-likeness (QED) is 0.687. The molecule has 0 spiro atoms. The number of hydrogen-bond acceptors (Lipinski definition) is 2. The van der Waals surface area contributed by atoms with Crippen LogP contribution >= 0.6 is 0 Å². The van der Waals surface area contributed by atoms with Gasteiger partial charge in [0, 0.05) is 12.6 Å². The van der Waals surface area contributed by atoms with E-state index in [9.17, 15) is 5.11 Å². The van der Waals surface area contributed by atoms with E-state index in [1.54, 1.807) is 0 Å². The molecule has 2 heteroatoms. The molecule has 0 aliphatic heterocycles. The molecule has 0 aromatic rings. The highest BCUT2D eigenvalue weighted by Gasteiger charge is 2.21. The van der Waals surface area contributed by atoms with Gasteiger partial charge in [-0.05, 0) is 38.8 Å². The molecule has 0 amide bonds. The van der Waals surface area contributed by atoms with Crippen LogP contribution < -0.4 is 0 Å². The SMILES string of the molecule is CCC(CO)C(CC(C)C)N(C)C. The molecule has 0 saturated heterocycles. The third kappa shape index (κ3) is 4.63. The van der Waals surface area contributed by atoms with E-state index in [4.69, 9.17) is 0 Å². The van der Waals surface area contributed by atoms with E-state index in [0.29, 0.717) is 24.5 Å². The summed E-state index contributed by atoms with van der Waals surface area (Å²) in [6, 6.07) is 0.523. The lowest BCUT2D eigenvalue weighted by Crippen LogP contribution is -2.37. The minimum atomic E-state index is 0.312. The monoisotopic (exact) mass is 187 g/mol. The minimum Gasteiger partial charge on any atom is -0.396 e. The second-order valence-corrected chi connectivity index (χ2v) is 4.51. The Hall–Kier alpha value is -0.0800. The standard InChI is InChI=1S/C11H25NO/c1-6-10(8-13)11(12(4)5)7-9(2)3/h9-11,13H,6-8H2,1-5H3. The van der Waals surface area contributed by atoms with Gasteiger partial charge in [0.05, 0.1) is 0 Å². The van der Waals surface area contributed by atoms with Crippen LogP contribution in [0.5, 0.6) is 0 Å². The first-order valence-electron chi connectivity index (χ1n) is 5.30. The molecule has 0 fully saturated rings. The molecule has 0 heterocycles. The van der Waals surface area contributed by atoms with Crippen molar-refractivity contribution < 1.29 is 5.11 Å². The topological polar surface area (TPSA) is 23.5 Å². The van der Waals surface area contributed by atoms with Gasteiger partial charge in [-0.25, -0.2) is 0 Å². The predicted molar refractivity (Wildman–Crippen MR) is 57.8 cm³/mol. The van der Waals surface area contributed by atoms with Crippen molar-refractivity contribution in [1.82, 2.24) is 4.90 Å². The summed E-state index contributed by atoms with van der Waals surface area (Å²) >= 11 is 0. The molecule has 1 N–H and O–H groups in total. The normalized spacial score (nSPS) is 16.6. The molecule has 0 bridgehead atoms. The fourth-order valence-electron chi connectivity index (χ4n) is 1.83. The zero-order valence-electron chi connectivity index (χ0n) is 9.75. The van der Waals surface area contributed by atoms with E-state index < -0.39 is 0 Å². The molecule has 0 aliphatic carbocycles. The van der Waals surface area contributed by atoms with Gasteiger partial charge in [0.1, 0.15) is 0 Å². The molecule has 0 saturated carbocycles. The lowest BCUT2D eigenvalue weighted by atomic mass is 9.90. The van der Waals surface area contributed by atoms with Crippen LogP contribution in [0.4, 0.5) is 0 Å². The molecule has 0 aromatic heterocycles. The average molecular weight is 187 g/mol. The van der Waals surface area contributed by atoms with E-state index in [-0.39, 0.29) is 0 Å². The van der Waals surface area contributed by atoms with Crippen molar-refractivity contribution in [1.29, 1.82) is 0 Å². The van der Waals surface area contributed by atoms with Crippen molar-refractivity contribution in [3.8, 4) is 0 Å². The molecule has 2 atom stereocenters. The van der Waals surface area contributed by atoms with Crippen molar-refractivity contribution in [2.75, 3.05) is 20.7 Å². The van der Waals surface area contributed by atoms with E-state index in [2.05, 4.69) is 39.8 Å². The van der Waals surface area contributed by atoms with Gasteiger partial charge in [0.25, 0.3) is 0 Å². The molecule has 13 heavy (non-hydrogen) atoms. The Kier molecular flexibility index (Phi) is 6.35. The summed E-state index contributed by atoms with van der Waals surface area (Å²) in [6.45, 7) is 6.94. The van der Waals surface area contributed by atoms with Gasteiger partial charge in [-0.2, -0.15) is 0 Å². The summed E-state index contributed by atoms with van der Waals surface area (Å²) in [4.78, 5) is 2.24. The van der Waals surface area contributed by atoms with Crippen LogP contribution in [0.2, 0.25) is 0 Å². The smallest absolute Gasteiger partial charge is 0.0474 e. The summed E-state index contributed by atoms with van der Waals surface area (Å²) in [7, 11) is 4.21. The summed E-state index contributed by atoms with van der Waals surface area (Å²) in [6.07, 6.45) is 2.23. The molecule has 0 radical (unpaired) electrons. The summed E-state index contributed by atoms with van der Waals surface area (Å²) in [5, 5.41) is 9.23. The Morgan fingerprint density at radius 1 is 1.23 bits per heavy atom. The number of hydrogen-bond donors (Lipinski definition) is 1. The largest absolute Gasteiger partial charge is 0.396 e. The van der Waals surface area contributed by atoms with Crippen molar-refractivity contribution in [2.45, 2.75) is 39.7 Å². The highest BCUT2D eigenvalue weighted by atomic mass is 16.3. The Morgan fingerprint density at radius 2 is 1.77 bits per heavy atom. The first kappa shape index (κ1) is 12.9. The van der Waals surface area contributed by atoms with Gasteiger partial charge in [-0.15, -0.1) is 0 Å². The fourth-order valence-corrected chi connectivity index (χ4v) is 1.83. The van der Waals surface area contributed by atoms with Crippen LogP contribution in [0.1, 0.15) is 33.6 Å². The van der Waals surface area contributed by atoms with Crippen LogP contribution in [0.25, 0.3) is 0 Å². The highest BCUT2D eigenvalue weighted by Crippen LogP contribution is 2.19. The maximum Gasteiger partial charge on any atom is 0.0474 e. The second-order valence-electron chi connectivity index (χ2n) is 4.51. The van der Waals surface area contributed by atoms with Crippen molar-refractivity contribution >= 4 is 0 Å². The lowest BCUT2D eigenvalue weighted by molar-refractivity contribution is 0.115. The third-order valence-electron chi connectivity index (χ3n) is 2.68. The average Bonchev–Trinajstić information content (AvgIpc) is 2.04. The molecule has 2 nitrogen and oxygen atoms in total. The first-order chi connectivity index (χ1) is 6.02. The molecule has 2 unspecified atom stereocenters. The zero-order chi connectivity index (χ0) is 10.4. The molecule has 0 aliphatic rings. The molecule has 80 valence electrons. The number of aliphatic hydroxyl groups is 1. The Balaban J connectivity index is 4.21. The zero-order valence-corrected chi connectivity index (χ0v) is 9.75. The van der Waals surface area contributed by atoms with Gasteiger partial charge in [0.15, 0.2) is 0 Å². The second kappa shape index (κ2) is 6.39. The lowest BCUT2D eigenvalue weighted by Gasteiger charge is -2.32. The van der Waals surface area contributed by atoms with Crippen LogP contribution in [0.3, 0.4) is 0 Å². The minimum absolute atomic E-state index is 0.312. The van der Waals surface area contributed by atoms with Gasteiger partial charge in [-0.3, -0.25) is 0 Å². The summed E-state index contributed by atoms with van der Waals surface area (Å²) in [5.41, 5.74) is 0. The van der Waals surface area contributed by atoms with Crippen LogP contribution in [-0.4, -0.2) is 36.8 Å². The number of rotatable bonds is 6. The fraction of sp³-hybridized carbons (Fsp3) is 1.00. The van der Waals surface area contributed by atoms with Gasteiger partial charge in [0.2, 0.25) is 0 Å². The third-order valence-corrected chi connectivity index (χ3v) is 2.68. The summed E-state index contributed by atoms with van der Waals surface area (Å²) < 4.78 is 0. The molecular weight excluding hydrogens is 162 g/mol. The van der Waals surface area contributed by atoms with Gasteiger partial charge < -0.3 is 10.0 Å². The van der Waals surface area contributed by atoms with E-state index in [0.717, 1.165) is 6.42 Å². The van der Waals surface area contributed by atoms with Crippen molar-refractivity contribution in [3.63, 3.8) is 0 Å². The predicted octanol–water partition coefficient (Wildman–Crippen LogP) is 1.98. The van der Waals surface area contributed by atoms with Crippen molar-refractivity contribution in [3.05, 3.63) is 0 Å². The summed E-state index contributed by atoms with van der Waals surface area (Å²) in [5.74, 6) is 1.13. The maximum atomic E-state index is 9.23. The van der Waals surface area contributed by atoms with Crippen LogP contribution in [0.15, 0.2) is 0 Å². The highest BCUT2D eigenvalue weighted by molar-refractivity contribution is 4.75. The van der Waals surface area contributed by atoms with Gasteiger partial charge in [-0.1, -0.05) is 20.8 Å². The van der Waals surface area contributed by atoms with Crippen LogP contribution in [0, 0.1) is 11.8 Å². The number of nitrogens with zero attached hydrogens (tertiary/aromatic N) is 1. The molecule has 0 aromatic carbocycles. The Bertz CT molecular complexity index is 119. The Morgan fingerprint density at radius 3 is 2.00 bits per heavy atom. The Labute approximate surface area is 82.9 Å². The van der Waals surface area contributed by atoms with E-state index >= 15 is 0 Å².